The van der Waals surface area contributed by atoms with Gasteiger partial charge in [-0.05, 0) is 30.8 Å². The Balaban J connectivity index is 2.28. The Morgan fingerprint density at radius 3 is 2.58 bits per heavy atom. The van der Waals surface area contributed by atoms with Crippen LogP contribution in [0.5, 0.6) is 0 Å². The van der Waals surface area contributed by atoms with Gasteiger partial charge < -0.3 is 0 Å². The fraction of sp³-hybridized carbons (Fsp3) is 0.588. The molecule has 2 aliphatic carbocycles. The van der Waals surface area contributed by atoms with Gasteiger partial charge in [-0.15, -0.1) is 0 Å². The maximum absolute atomic E-state index is 12.5. The monoisotopic (exact) mass is 274 g/mol. The van der Waals surface area contributed by atoms with E-state index in [9.17, 15) is 4.79 Å². The zero-order chi connectivity index (χ0) is 14.4. The van der Waals surface area contributed by atoms with Crippen LogP contribution in [0.25, 0.3) is 0 Å². The highest BCUT2D eigenvalue weighted by molar-refractivity contribution is 6.81. The number of hydrogen-bond donors (Lipinski definition) is 0. The summed E-state index contributed by atoms with van der Waals surface area (Å²) in [4.78, 5) is 12.5. The van der Waals surface area contributed by atoms with Crippen molar-refractivity contribution >= 4 is 13.9 Å². The van der Waals surface area contributed by atoms with E-state index in [0.717, 1.165) is 12.0 Å². The number of allylic oxidation sites excluding steroid dienone is 5. The van der Waals surface area contributed by atoms with Crippen molar-refractivity contribution in [3.63, 3.8) is 0 Å². The predicted molar refractivity (Wildman–Crippen MR) is 84.7 cm³/mol. The minimum atomic E-state index is -1.30. The summed E-state index contributed by atoms with van der Waals surface area (Å²) in [7, 11) is -1.30. The normalized spacial score (nSPS) is 29.4. The minimum Gasteiger partial charge on any atom is -0.290 e. The molecule has 0 aromatic heterocycles. The molecule has 1 nitrogen and oxygen atoms in total. The average molecular weight is 274 g/mol. The molecule has 0 radical (unpaired) electrons. The van der Waals surface area contributed by atoms with Gasteiger partial charge in [0.25, 0.3) is 0 Å². The van der Waals surface area contributed by atoms with E-state index in [2.05, 4.69) is 58.3 Å². The van der Waals surface area contributed by atoms with Crippen molar-refractivity contribution in [3.8, 4) is 0 Å². The summed E-state index contributed by atoms with van der Waals surface area (Å²) >= 11 is 0. The molecule has 19 heavy (non-hydrogen) atoms. The molecule has 0 aliphatic heterocycles. The summed E-state index contributed by atoms with van der Waals surface area (Å²) in [6.07, 6.45) is 7.49. The molecule has 2 heteroatoms. The average Bonchev–Trinajstić information content (AvgIpc) is 2.42. The number of rotatable bonds is 3. The van der Waals surface area contributed by atoms with Crippen molar-refractivity contribution in [2.75, 3.05) is 0 Å². The molecular formula is C17H26OSi. The Bertz CT molecular complexity index is 486. The Labute approximate surface area is 118 Å². The quantitative estimate of drug-likeness (QED) is 0.419. The molecule has 2 bridgehead atoms. The predicted octanol–water partition coefficient (Wildman–Crippen LogP) is 4.54. The van der Waals surface area contributed by atoms with Crippen molar-refractivity contribution < 1.29 is 4.79 Å². The molecule has 2 rings (SSSR count). The van der Waals surface area contributed by atoms with Crippen molar-refractivity contribution in [2.45, 2.75) is 46.8 Å². The highest BCUT2D eigenvalue weighted by Crippen LogP contribution is 2.54. The Morgan fingerprint density at radius 2 is 2.00 bits per heavy atom. The van der Waals surface area contributed by atoms with Gasteiger partial charge in [0.05, 0.1) is 8.07 Å². The fourth-order valence-corrected chi connectivity index (χ4v) is 4.07. The molecule has 0 fully saturated rings. The first-order chi connectivity index (χ1) is 8.63. The van der Waals surface area contributed by atoms with Crippen LogP contribution < -0.4 is 0 Å². The largest absolute Gasteiger partial charge is 0.290 e. The van der Waals surface area contributed by atoms with E-state index in [0.29, 0.717) is 11.8 Å². The van der Waals surface area contributed by atoms with Gasteiger partial charge in [0.15, 0.2) is 5.78 Å². The van der Waals surface area contributed by atoms with Crippen LogP contribution in [0.3, 0.4) is 0 Å². The van der Waals surface area contributed by atoms with Gasteiger partial charge in [-0.25, -0.2) is 0 Å². The lowest BCUT2D eigenvalue weighted by molar-refractivity contribution is -0.111. The summed E-state index contributed by atoms with van der Waals surface area (Å²) in [5, 5.41) is 0. The van der Waals surface area contributed by atoms with E-state index in [4.69, 9.17) is 0 Å². The maximum Gasteiger partial charge on any atom is 0.181 e. The van der Waals surface area contributed by atoms with E-state index >= 15 is 0 Å². The summed E-state index contributed by atoms with van der Waals surface area (Å²) in [5.41, 5.74) is 4.77. The van der Waals surface area contributed by atoms with Gasteiger partial charge in [-0.3, -0.25) is 4.79 Å². The number of ketones is 1. The van der Waals surface area contributed by atoms with Crippen molar-refractivity contribution in [3.05, 3.63) is 35.1 Å². The van der Waals surface area contributed by atoms with Gasteiger partial charge in [-0.1, -0.05) is 56.9 Å². The van der Waals surface area contributed by atoms with Crippen molar-refractivity contribution in [1.82, 2.24) is 0 Å². The second-order valence-corrected chi connectivity index (χ2v) is 12.8. The zero-order valence-electron chi connectivity index (χ0n) is 13.1. The molecule has 104 valence electrons. The van der Waals surface area contributed by atoms with Gasteiger partial charge in [0.1, 0.15) is 0 Å². The molecule has 2 unspecified atom stereocenters. The number of hydrogen-bond acceptors (Lipinski definition) is 1. The van der Waals surface area contributed by atoms with E-state index in [1.54, 1.807) is 0 Å². The second kappa shape index (κ2) is 4.59. The maximum atomic E-state index is 12.5. The zero-order valence-corrected chi connectivity index (χ0v) is 14.1. The Hall–Kier alpha value is -0.893. The lowest BCUT2D eigenvalue weighted by Crippen LogP contribution is -2.31. The molecule has 0 spiro atoms. The van der Waals surface area contributed by atoms with Crippen LogP contribution >= 0.6 is 0 Å². The van der Waals surface area contributed by atoms with Gasteiger partial charge in [0, 0.05) is 11.5 Å². The van der Waals surface area contributed by atoms with Crippen molar-refractivity contribution in [1.29, 1.82) is 0 Å². The van der Waals surface area contributed by atoms with E-state index in [-0.39, 0.29) is 11.2 Å². The van der Waals surface area contributed by atoms with Crippen LogP contribution in [0.4, 0.5) is 0 Å². The lowest BCUT2D eigenvalue weighted by Gasteiger charge is -2.38. The molecule has 0 heterocycles. The Kier molecular flexibility index (Phi) is 3.50. The summed E-state index contributed by atoms with van der Waals surface area (Å²) in [5.74, 6) is 1.09. The summed E-state index contributed by atoms with van der Waals surface area (Å²) < 4.78 is 0. The second-order valence-electron chi connectivity index (χ2n) is 7.73. The topological polar surface area (TPSA) is 17.1 Å². The number of fused-ring (bicyclic) bond motifs is 2. The first-order valence-electron chi connectivity index (χ1n) is 7.25. The van der Waals surface area contributed by atoms with Gasteiger partial charge in [-0.2, -0.15) is 0 Å². The van der Waals surface area contributed by atoms with E-state index < -0.39 is 8.07 Å². The molecule has 0 saturated heterocycles. The standard InChI is InChI=1S/C17H26OSi/c1-12-7-8-13-11-14(16(12)17(13,2)3)15(18)9-10-19(4,5)6/h7,9-11,13,16H,8H2,1-6H3/b10-9+. The number of carbonyl (C=O) groups is 1. The molecule has 2 atom stereocenters. The molecule has 2 aliphatic rings. The molecule has 0 saturated carbocycles. The molecule has 0 aromatic rings. The molecule has 0 amide bonds. The van der Waals surface area contributed by atoms with Crippen LogP contribution in [-0.4, -0.2) is 13.9 Å². The van der Waals surface area contributed by atoms with E-state index in [1.807, 2.05) is 6.08 Å². The minimum absolute atomic E-state index is 0.205. The van der Waals surface area contributed by atoms with Crippen LogP contribution in [0.1, 0.15) is 27.2 Å². The third kappa shape index (κ3) is 2.69. The fourth-order valence-electron chi connectivity index (χ4n) is 3.42. The molecule has 0 N–H and O–H groups in total. The summed E-state index contributed by atoms with van der Waals surface area (Å²) in [6.45, 7) is 13.6. The van der Waals surface area contributed by atoms with Crippen LogP contribution in [0, 0.1) is 17.3 Å². The lowest BCUT2D eigenvalue weighted by atomic mass is 9.65. The third-order valence-corrected chi connectivity index (χ3v) is 5.73. The SMILES string of the molecule is CC1=CCC2C=C(C(=O)/C=C/[Si](C)(C)C)C1C2(C)C. The Morgan fingerprint density at radius 1 is 1.37 bits per heavy atom. The summed E-state index contributed by atoms with van der Waals surface area (Å²) in [6, 6.07) is 0. The molecule has 0 aromatic carbocycles. The van der Waals surface area contributed by atoms with Crippen molar-refractivity contribution in [2.24, 2.45) is 17.3 Å². The van der Waals surface area contributed by atoms with E-state index in [1.165, 1.54) is 5.57 Å². The van der Waals surface area contributed by atoms with Gasteiger partial charge >= 0.3 is 0 Å². The third-order valence-electron chi connectivity index (χ3n) is 4.56. The van der Waals surface area contributed by atoms with Crippen LogP contribution in [0.15, 0.2) is 35.1 Å². The first-order valence-corrected chi connectivity index (χ1v) is 10.8. The highest BCUT2D eigenvalue weighted by atomic mass is 28.3. The molecular weight excluding hydrogens is 248 g/mol. The van der Waals surface area contributed by atoms with Gasteiger partial charge in [0.2, 0.25) is 0 Å². The smallest absolute Gasteiger partial charge is 0.181 e. The van der Waals surface area contributed by atoms with Crippen LogP contribution in [-0.2, 0) is 4.79 Å². The van der Waals surface area contributed by atoms with Crippen LogP contribution in [0.2, 0.25) is 19.6 Å². The number of carbonyl (C=O) groups excluding carboxylic acids is 1. The highest BCUT2D eigenvalue weighted by Gasteiger charge is 2.47. The first kappa shape index (κ1) is 14.5.